The molecule has 2 aromatic rings. The summed E-state index contributed by atoms with van der Waals surface area (Å²) < 4.78 is 2.55. The lowest BCUT2D eigenvalue weighted by atomic mass is 10.0. The molecule has 2 N–H and O–H groups in total. The number of amides is 1. The molecule has 2 aromatic heterocycles. The third-order valence-corrected chi connectivity index (χ3v) is 2.88. The van der Waals surface area contributed by atoms with Gasteiger partial charge in [0.25, 0.3) is 0 Å². The van der Waals surface area contributed by atoms with Gasteiger partial charge in [0.2, 0.25) is 5.91 Å². The molecule has 78 valence electrons. The number of hydrogen-bond donors (Lipinski definition) is 1. The highest BCUT2D eigenvalue weighted by Crippen LogP contribution is 2.22. The highest BCUT2D eigenvalue weighted by molar-refractivity contribution is 9.10. The molecule has 2 rings (SSSR count). The molecule has 0 aliphatic heterocycles. The van der Waals surface area contributed by atoms with Gasteiger partial charge in [-0.1, -0.05) is 0 Å². The fourth-order valence-corrected chi connectivity index (χ4v) is 1.87. The van der Waals surface area contributed by atoms with Crippen molar-refractivity contribution in [3.05, 3.63) is 28.6 Å². The fraction of sp³-hybridized carbons (Fsp3) is 0.222. The fourth-order valence-electron chi connectivity index (χ4n) is 1.32. The number of pyridine rings is 1. The second-order valence-corrected chi connectivity index (χ2v) is 4.16. The molecule has 0 aliphatic rings. The molecule has 1 amide bonds. The summed E-state index contributed by atoms with van der Waals surface area (Å²) in [4.78, 5) is 11.1. The standard InChI is InChI=1S/C9H9BrN4O/c1-5(8(11)15)6-2-7(10)9-13-12-4-14(9)3-6/h2-5H,1H3,(H2,11,15). The summed E-state index contributed by atoms with van der Waals surface area (Å²) in [5.41, 5.74) is 6.80. The Morgan fingerprint density at radius 3 is 3.07 bits per heavy atom. The monoisotopic (exact) mass is 268 g/mol. The van der Waals surface area contributed by atoms with Crippen LogP contribution in [0.25, 0.3) is 5.65 Å². The zero-order valence-electron chi connectivity index (χ0n) is 8.01. The summed E-state index contributed by atoms with van der Waals surface area (Å²) in [6.45, 7) is 1.76. The molecule has 0 spiro atoms. The van der Waals surface area contributed by atoms with E-state index in [1.165, 1.54) is 0 Å². The summed E-state index contributed by atoms with van der Waals surface area (Å²) >= 11 is 3.37. The van der Waals surface area contributed by atoms with Crippen LogP contribution in [-0.4, -0.2) is 20.5 Å². The van der Waals surface area contributed by atoms with Gasteiger partial charge < -0.3 is 5.73 Å². The van der Waals surface area contributed by atoms with Crippen LogP contribution < -0.4 is 5.73 Å². The van der Waals surface area contributed by atoms with Crippen LogP contribution in [0.4, 0.5) is 0 Å². The molecule has 1 atom stereocenters. The van der Waals surface area contributed by atoms with Crippen molar-refractivity contribution in [3.63, 3.8) is 0 Å². The summed E-state index contributed by atoms with van der Waals surface area (Å²) in [6, 6.07) is 1.83. The number of primary amides is 1. The first-order valence-corrected chi connectivity index (χ1v) is 5.17. The third-order valence-electron chi connectivity index (χ3n) is 2.30. The van der Waals surface area contributed by atoms with Crippen molar-refractivity contribution in [2.75, 3.05) is 0 Å². The largest absolute Gasteiger partial charge is 0.369 e. The number of fused-ring (bicyclic) bond motifs is 1. The Labute approximate surface area is 94.4 Å². The maximum absolute atomic E-state index is 11.1. The van der Waals surface area contributed by atoms with E-state index in [1.807, 2.05) is 6.07 Å². The maximum atomic E-state index is 11.1. The van der Waals surface area contributed by atoms with Crippen molar-refractivity contribution in [2.24, 2.45) is 5.73 Å². The number of hydrogen-bond acceptors (Lipinski definition) is 3. The Morgan fingerprint density at radius 1 is 1.67 bits per heavy atom. The van der Waals surface area contributed by atoms with Crippen LogP contribution in [0.1, 0.15) is 18.4 Å². The first-order chi connectivity index (χ1) is 7.09. The number of carbonyl (C=O) groups excluding carboxylic acids is 1. The van der Waals surface area contributed by atoms with Gasteiger partial charge in [0.15, 0.2) is 5.65 Å². The minimum absolute atomic E-state index is 0.326. The number of nitrogens with two attached hydrogens (primary N) is 1. The van der Waals surface area contributed by atoms with Crippen LogP contribution in [-0.2, 0) is 4.79 Å². The Morgan fingerprint density at radius 2 is 2.40 bits per heavy atom. The average Bonchev–Trinajstić information content (AvgIpc) is 2.64. The normalized spacial score (nSPS) is 12.9. The summed E-state index contributed by atoms with van der Waals surface area (Å²) in [6.07, 6.45) is 3.38. The van der Waals surface area contributed by atoms with Crippen LogP contribution >= 0.6 is 15.9 Å². The van der Waals surface area contributed by atoms with Crippen LogP contribution in [0, 0.1) is 0 Å². The predicted molar refractivity (Wildman–Crippen MR) is 58.3 cm³/mol. The highest BCUT2D eigenvalue weighted by atomic mass is 79.9. The molecule has 0 saturated carbocycles. The minimum Gasteiger partial charge on any atom is -0.369 e. The van der Waals surface area contributed by atoms with Gasteiger partial charge in [-0.2, -0.15) is 0 Å². The van der Waals surface area contributed by atoms with Gasteiger partial charge in [-0.25, -0.2) is 0 Å². The van der Waals surface area contributed by atoms with Crippen LogP contribution in [0.2, 0.25) is 0 Å². The van der Waals surface area contributed by atoms with Gasteiger partial charge in [0.05, 0.1) is 10.4 Å². The van der Waals surface area contributed by atoms with Crippen molar-refractivity contribution < 1.29 is 4.79 Å². The van der Waals surface area contributed by atoms with Crippen LogP contribution in [0.15, 0.2) is 23.1 Å². The van der Waals surface area contributed by atoms with Crippen molar-refractivity contribution in [1.82, 2.24) is 14.6 Å². The van der Waals surface area contributed by atoms with E-state index in [-0.39, 0.29) is 11.8 Å². The zero-order chi connectivity index (χ0) is 11.0. The number of nitrogens with zero attached hydrogens (tertiary/aromatic N) is 3. The summed E-state index contributed by atoms with van der Waals surface area (Å²) in [5.74, 6) is -0.678. The van der Waals surface area contributed by atoms with Gasteiger partial charge in [0, 0.05) is 6.20 Å². The molecule has 0 bridgehead atoms. The van der Waals surface area contributed by atoms with Crippen LogP contribution in [0.5, 0.6) is 0 Å². The van der Waals surface area contributed by atoms with Gasteiger partial charge in [-0.05, 0) is 34.5 Å². The molecular weight excluding hydrogens is 260 g/mol. The van der Waals surface area contributed by atoms with E-state index >= 15 is 0 Å². The van der Waals surface area contributed by atoms with Gasteiger partial charge >= 0.3 is 0 Å². The van der Waals surface area contributed by atoms with Crippen molar-refractivity contribution in [2.45, 2.75) is 12.8 Å². The molecular formula is C9H9BrN4O. The maximum Gasteiger partial charge on any atom is 0.224 e. The van der Waals surface area contributed by atoms with E-state index in [9.17, 15) is 4.79 Å². The van der Waals surface area contributed by atoms with Gasteiger partial charge in [-0.3, -0.25) is 9.20 Å². The first-order valence-electron chi connectivity index (χ1n) is 4.37. The second-order valence-electron chi connectivity index (χ2n) is 3.31. The van der Waals surface area contributed by atoms with Crippen molar-refractivity contribution in [1.29, 1.82) is 0 Å². The van der Waals surface area contributed by atoms with E-state index in [4.69, 9.17) is 5.73 Å². The van der Waals surface area contributed by atoms with Crippen molar-refractivity contribution >= 4 is 27.5 Å². The molecule has 0 fully saturated rings. The van der Waals surface area contributed by atoms with E-state index in [2.05, 4.69) is 26.1 Å². The number of rotatable bonds is 2. The lowest BCUT2D eigenvalue weighted by Gasteiger charge is -2.08. The molecule has 1 unspecified atom stereocenters. The lowest BCUT2D eigenvalue weighted by Crippen LogP contribution is -2.19. The Hall–Kier alpha value is -1.43. The highest BCUT2D eigenvalue weighted by Gasteiger charge is 2.14. The van der Waals surface area contributed by atoms with Gasteiger partial charge in [-0.15, -0.1) is 10.2 Å². The first kappa shape index (κ1) is 10.1. The number of halogens is 1. The molecule has 0 aliphatic carbocycles. The number of aromatic nitrogens is 3. The van der Waals surface area contributed by atoms with E-state index in [1.54, 1.807) is 23.8 Å². The zero-order valence-corrected chi connectivity index (χ0v) is 9.60. The molecule has 15 heavy (non-hydrogen) atoms. The smallest absolute Gasteiger partial charge is 0.224 e. The van der Waals surface area contributed by atoms with Crippen LogP contribution in [0.3, 0.4) is 0 Å². The second kappa shape index (κ2) is 3.62. The molecule has 2 heterocycles. The summed E-state index contributed by atoms with van der Waals surface area (Å²) in [7, 11) is 0. The lowest BCUT2D eigenvalue weighted by molar-refractivity contribution is -0.119. The van der Waals surface area contributed by atoms with E-state index in [0.717, 1.165) is 15.7 Å². The quantitative estimate of drug-likeness (QED) is 0.886. The third kappa shape index (κ3) is 1.72. The molecule has 0 radical (unpaired) electrons. The molecule has 0 aromatic carbocycles. The Balaban J connectivity index is 2.58. The van der Waals surface area contributed by atoms with E-state index in [0.29, 0.717) is 0 Å². The number of carbonyl (C=O) groups is 1. The molecule has 0 saturated heterocycles. The van der Waals surface area contributed by atoms with Gasteiger partial charge in [0.1, 0.15) is 6.33 Å². The topological polar surface area (TPSA) is 73.3 Å². The van der Waals surface area contributed by atoms with Crippen molar-refractivity contribution in [3.8, 4) is 0 Å². The molecule has 6 heteroatoms. The minimum atomic E-state index is -0.352. The SMILES string of the molecule is CC(C(N)=O)c1cc(Br)c2nncn2c1. The van der Waals surface area contributed by atoms with E-state index < -0.39 is 0 Å². The Kier molecular flexibility index (Phi) is 2.44. The summed E-state index contributed by atoms with van der Waals surface area (Å²) in [5, 5.41) is 7.69. The molecule has 5 nitrogen and oxygen atoms in total. The predicted octanol–water partition coefficient (Wildman–Crippen LogP) is 1.08. The average molecular weight is 269 g/mol. The Bertz CT molecular complexity index is 522.